The maximum absolute atomic E-state index is 12.0. The second-order valence-corrected chi connectivity index (χ2v) is 6.45. The summed E-state index contributed by atoms with van der Waals surface area (Å²) in [4.78, 5) is 35.0. The van der Waals surface area contributed by atoms with Gasteiger partial charge in [0.25, 0.3) is 0 Å². The summed E-state index contributed by atoms with van der Waals surface area (Å²) in [6.45, 7) is 9.24. The Kier molecular flexibility index (Phi) is 4.72. The number of rotatable bonds is 2. The molecule has 1 aromatic rings. The average molecular weight is 322 g/mol. The van der Waals surface area contributed by atoms with Crippen molar-refractivity contribution in [1.82, 2.24) is 14.9 Å². The molecule has 0 atom stereocenters. The maximum Gasteiger partial charge on any atom is 0.410 e. The number of piperazine rings is 1. The van der Waals surface area contributed by atoms with Crippen LogP contribution in [0.5, 0.6) is 0 Å². The molecule has 1 N–H and O–H groups in total. The molecule has 0 spiro atoms. The van der Waals surface area contributed by atoms with Crippen molar-refractivity contribution in [1.29, 1.82) is 0 Å². The molecule has 8 nitrogen and oxygen atoms in total. The Balaban J connectivity index is 2.02. The minimum atomic E-state index is -1.08. The van der Waals surface area contributed by atoms with Gasteiger partial charge in [-0.2, -0.15) is 0 Å². The Labute approximate surface area is 135 Å². The summed E-state index contributed by atoms with van der Waals surface area (Å²) in [5, 5.41) is 9.08. The van der Waals surface area contributed by atoms with E-state index in [1.165, 1.54) is 6.07 Å². The molecular formula is C15H22N4O4. The highest BCUT2D eigenvalue weighted by Crippen LogP contribution is 2.15. The fourth-order valence-corrected chi connectivity index (χ4v) is 2.22. The molecule has 1 aliphatic rings. The van der Waals surface area contributed by atoms with E-state index in [1.807, 2.05) is 25.7 Å². The van der Waals surface area contributed by atoms with Gasteiger partial charge in [0.05, 0.1) is 0 Å². The lowest BCUT2D eigenvalue weighted by atomic mass is 10.2. The van der Waals surface area contributed by atoms with Crippen molar-refractivity contribution in [3.8, 4) is 0 Å². The number of nitrogens with zero attached hydrogens (tertiary/aromatic N) is 4. The van der Waals surface area contributed by atoms with Crippen LogP contribution in [0.15, 0.2) is 6.07 Å². The summed E-state index contributed by atoms with van der Waals surface area (Å²) in [5.41, 5.74) is 0.0496. The molecule has 126 valence electrons. The zero-order valence-corrected chi connectivity index (χ0v) is 13.9. The van der Waals surface area contributed by atoms with Crippen LogP contribution in [-0.4, -0.2) is 63.8 Å². The standard InChI is InChI=1S/C15H22N4O4/c1-10-9-11(12(20)21)17-13(16-10)18-5-7-19(8-6-18)14(22)23-15(2,3)4/h9H,5-8H2,1-4H3,(H,20,21). The molecule has 0 aliphatic carbocycles. The summed E-state index contributed by atoms with van der Waals surface area (Å²) in [5.74, 6) is -0.699. The van der Waals surface area contributed by atoms with Gasteiger partial charge in [-0.15, -0.1) is 0 Å². The zero-order valence-electron chi connectivity index (χ0n) is 13.9. The molecule has 1 aliphatic heterocycles. The van der Waals surface area contributed by atoms with Crippen LogP contribution in [-0.2, 0) is 4.74 Å². The van der Waals surface area contributed by atoms with Gasteiger partial charge in [0.1, 0.15) is 5.60 Å². The van der Waals surface area contributed by atoms with E-state index < -0.39 is 11.6 Å². The first-order valence-corrected chi connectivity index (χ1v) is 7.47. The van der Waals surface area contributed by atoms with Gasteiger partial charge in [0.2, 0.25) is 5.95 Å². The van der Waals surface area contributed by atoms with E-state index in [-0.39, 0.29) is 11.8 Å². The molecule has 1 fully saturated rings. The Morgan fingerprint density at radius 3 is 2.30 bits per heavy atom. The molecule has 0 bridgehead atoms. The van der Waals surface area contributed by atoms with Crippen molar-refractivity contribution in [2.45, 2.75) is 33.3 Å². The maximum atomic E-state index is 12.0. The van der Waals surface area contributed by atoms with Crippen molar-refractivity contribution in [3.05, 3.63) is 17.5 Å². The molecule has 1 aromatic heterocycles. The largest absolute Gasteiger partial charge is 0.477 e. The topological polar surface area (TPSA) is 95.9 Å². The van der Waals surface area contributed by atoms with Crippen LogP contribution in [0.25, 0.3) is 0 Å². The molecule has 2 heterocycles. The van der Waals surface area contributed by atoms with E-state index in [9.17, 15) is 9.59 Å². The molecule has 1 saturated heterocycles. The fraction of sp³-hybridized carbons (Fsp3) is 0.600. The Morgan fingerprint density at radius 1 is 1.17 bits per heavy atom. The summed E-state index contributed by atoms with van der Waals surface area (Å²) in [7, 11) is 0. The van der Waals surface area contributed by atoms with Crippen LogP contribution >= 0.6 is 0 Å². The zero-order chi connectivity index (χ0) is 17.2. The number of ether oxygens (including phenoxy) is 1. The number of hydrogen-bond donors (Lipinski definition) is 1. The number of carbonyl (C=O) groups is 2. The third-order valence-electron chi connectivity index (χ3n) is 3.28. The highest BCUT2D eigenvalue weighted by atomic mass is 16.6. The van der Waals surface area contributed by atoms with Crippen molar-refractivity contribution in [2.75, 3.05) is 31.1 Å². The predicted molar refractivity (Wildman–Crippen MR) is 83.7 cm³/mol. The van der Waals surface area contributed by atoms with Gasteiger partial charge < -0.3 is 19.6 Å². The lowest BCUT2D eigenvalue weighted by molar-refractivity contribution is 0.0240. The molecule has 0 aromatic carbocycles. The van der Waals surface area contributed by atoms with Gasteiger partial charge in [-0.1, -0.05) is 0 Å². The molecule has 23 heavy (non-hydrogen) atoms. The SMILES string of the molecule is Cc1cc(C(=O)O)nc(N2CCN(C(=O)OC(C)(C)C)CC2)n1. The minimum Gasteiger partial charge on any atom is -0.477 e. The number of amides is 1. The molecule has 0 radical (unpaired) electrons. The monoisotopic (exact) mass is 322 g/mol. The van der Waals surface area contributed by atoms with Crippen LogP contribution in [0.4, 0.5) is 10.7 Å². The minimum absolute atomic E-state index is 0.0259. The first kappa shape index (κ1) is 17.0. The van der Waals surface area contributed by atoms with Crippen LogP contribution < -0.4 is 4.90 Å². The van der Waals surface area contributed by atoms with E-state index in [2.05, 4.69) is 9.97 Å². The third kappa shape index (κ3) is 4.54. The number of aromatic carboxylic acids is 1. The normalized spacial score (nSPS) is 15.5. The van der Waals surface area contributed by atoms with Crippen molar-refractivity contribution < 1.29 is 19.4 Å². The van der Waals surface area contributed by atoms with Crippen molar-refractivity contribution >= 4 is 18.0 Å². The number of carboxylic acid groups (broad SMARTS) is 1. The van der Waals surface area contributed by atoms with E-state index >= 15 is 0 Å². The molecular weight excluding hydrogens is 300 g/mol. The third-order valence-corrected chi connectivity index (χ3v) is 3.28. The second kappa shape index (κ2) is 6.39. The number of aromatic nitrogens is 2. The molecule has 8 heteroatoms. The van der Waals surface area contributed by atoms with Crippen LogP contribution in [0.1, 0.15) is 37.0 Å². The fourth-order valence-electron chi connectivity index (χ4n) is 2.22. The molecule has 1 amide bonds. The van der Waals surface area contributed by atoms with Gasteiger partial charge in [0.15, 0.2) is 5.69 Å². The summed E-state index contributed by atoms with van der Waals surface area (Å²) in [6.07, 6.45) is -0.339. The lowest BCUT2D eigenvalue weighted by Crippen LogP contribution is -2.50. The highest BCUT2D eigenvalue weighted by Gasteiger charge is 2.27. The number of hydrogen-bond acceptors (Lipinski definition) is 6. The van der Waals surface area contributed by atoms with E-state index in [4.69, 9.17) is 9.84 Å². The number of carboxylic acids is 1. The summed E-state index contributed by atoms with van der Waals surface area (Å²) in [6, 6.07) is 1.43. The van der Waals surface area contributed by atoms with Crippen LogP contribution in [0.3, 0.4) is 0 Å². The van der Waals surface area contributed by atoms with Gasteiger partial charge in [-0.25, -0.2) is 19.6 Å². The Hall–Kier alpha value is -2.38. The number of carbonyl (C=O) groups excluding carboxylic acids is 1. The summed E-state index contributed by atoms with van der Waals surface area (Å²) >= 11 is 0. The summed E-state index contributed by atoms with van der Waals surface area (Å²) < 4.78 is 5.35. The quantitative estimate of drug-likeness (QED) is 0.882. The van der Waals surface area contributed by atoms with Crippen molar-refractivity contribution in [2.24, 2.45) is 0 Å². The Bertz CT molecular complexity index is 604. The molecule has 0 unspecified atom stereocenters. The van der Waals surface area contributed by atoms with Gasteiger partial charge in [-0.3, -0.25) is 0 Å². The van der Waals surface area contributed by atoms with Gasteiger partial charge in [0, 0.05) is 31.9 Å². The van der Waals surface area contributed by atoms with E-state index in [1.54, 1.807) is 11.8 Å². The second-order valence-electron chi connectivity index (χ2n) is 6.45. The van der Waals surface area contributed by atoms with E-state index in [0.29, 0.717) is 37.8 Å². The Morgan fingerprint density at radius 2 is 1.78 bits per heavy atom. The van der Waals surface area contributed by atoms with Crippen molar-refractivity contribution in [3.63, 3.8) is 0 Å². The average Bonchev–Trinajstić information content (AvgIpc) is 2.45. The van der Waals surface area contributed by atoms with E-state index in [0.717, 1.165) is 0 Å². The van der Waals surface area contributed by atoms with Gasteiger partial charge in [-0.05, 0) is 33.8 Å². The molecule has 0 saturated carbocycles. The first-order valence-electron chi connectivity index (χ1n) is 7.47. The highest BCUT2D eigenvalue weighted by molar-refractivity contribution is 5.85. The lowest BCUT2D eigenvalue weighted by Gasteiger charge is -2.35. The first-order chi connectivity index (χ1) is 10.7. The smallest absolute Gasteiger partial charge is 0.410 e. The predicted octanol–water partition coefficient (Wildman–Crippen LogP) is 1.54. The number of aryl methyl sites for hydroxylation is 1. The van der Waals surface area contributed by atoms with Crippen LogP contribution in [0, 0.1) is 6.92 Å². The van der Waals surface area contributed by atoms with Crippen LogP contribution in [0.2, 0.25) is 0 Å². The molecule has 2 rings (SSSR count). The number of anilines is 1. The van der Waals surface area contributed by atoms with Gasteiger partial charge >= 0.3 is 12.1 Å².